The van der Waals surface area contributed by atoms with E-state index in [0.717, 1.165) is 12.1 Å². The molecule has 6 rings (SSSR count). The predicted octanol–water partition coefficient (Wildman–Crippen LogP) is -3.58. The third-order valence-corrected chi connectivity index (χ3v) is 9.48. The van der Waals surface area contributed by atoms with Crippen LogP contribution in [0.5, 0.6) is 17.2 Å². The van der Waals surface area contributed by atoms with Crippen LogP contribution < -0.4 is 10.2 Å². The molecule has 0 radical (unpaired) electrons. The monoisotopic (exact) mass is 740 g/mol. The van der Waals surface area contributed by atoms with Gasteiger partial charge < -0.3 is 89.4 Å². The maximum Gasteiger partial charge on any atom is 0.229 e. The highest BCUT2D eigenvalue weighted by molar-refractivity contribution is 5.88. The van der Waals surface area contributed by atoms with Crippen LogP contribution in [0.4, 0.5) is 0 Å². The first-order chi connectivity index (χ1) is 24.7. The molecule has 0 saturated carbocycles. The minimum atomic E-state index is -2.02. The number of aromatic hydroxyl groups is 2. The van der Waals surface area contributed by atoms with E-state index in [2.05, 4.69) is 0 Å². The summed E-state index contributed by atoms with van der Waals surface area (Å²) in [7, 11) is 0. The summed E-state index contributed by atoms with van der Waals surface area (Å²) in [6.07, 6.45) is -25.7. The zero-order chi connectivity index (χ0) is 37.8. The molecule has 1 aromatic heterocycles. The van der Waals surface area contributed by atoms with E-state index in [1.54, 1.807) is 0 Å². The minimum absolute atomic E-state index is 0.00498. The first kappa shape index (κ1) is 38.2. The Morgan fingerprint density at radius 2 is 1.27 bits per heavy atom. The van der Waals surface area contributed by atoms with Gasteiger partial charge in [0.1, 0.15) is 107 Å². The van der Waals surface area contributed by atoms with Gasteiger partial charge in [0.15, 0.2) is 11.7 Å². The standard InChI is InChI=1S/C33H40O19/c1-10-30(52-33-29(46)25(42)22(39)18(9-35)51-33)26(43)27(44)31(47-10)20-16(49-32-28(45)24(41)21(38)17(8-34)50-32)7-15-19(23(20)40)13(37)6-14(48-15)11-2-4-12(36)5-3-11/h2-7,10,17-18,21-22,24-36,38-46H,8-9H2,1H3/t10-,17+,18+,21+,22+,24-,25-,26-,27+,28+,29+,30-,31-,32+,33-/m0/s1. The number of aliphatic hydroxyl groups excluding tert-OH is 10. The van der Waals surface area contributed by atoms with Gasteiger partial charge in [-0.05, 0) is 31.2 Å². The predicted molar refractivity (Wildman–Crippen MR) is 170 cm³/mol. The third-order valence-electron chi connectivity index (χ3n) is 9.48. The molecule has 0 bridgehead atoms. The van der Waals surface area contributed by atoms with Crippen LogP contribution in [0.2, 0.25) is 0 Å². The van der Waals surface area contributed by atoms with Gasteiger partial charge in [0.2, 0.25) is 6.29 Å². The SMILES string of the molecule is C[C@@H]1O[C@@H](c2c(O[C@@H]3O[C@H](CO)[C@@H](O)[C@H](O)[C@H]3O)cc3oc(-c4ccc(O)cc4)cc(=O)c3c2O)[C@H](O)[C@H](O)[C@H]1O[C@@H]1O[C@H](CO)[C@@H](O)[C@H](O)[C@H]1O. The zero-order valence-electron chi connectivity index (χ0n) is 27.3. The van der Waals surface area contributed by atoms with Crippen molar-refractivity contribution in [2.24, 2.45) is 0 Å². The fourth-order valence-corrected chi connectivity index (χ4v) is 6.53. The van der Waals surface area contributed by atoms with Crippen LogP contribution in [0.1, 0.15) is 18.6 Å². The molecule has 3 aliphatic rings. The van der Waals surface area contributed by atoms with E-state index in [1.165, 1.54) is 31.2 Å². The van der Waals surface area contributed by atoms with Crippen LogP contribution >= 0.6 is 0 Å². The first-order valence-electron chi connectivity index (χ1n) is 16.2. The second-order valence-electron chi connectivity index (χ2n) is 12.9. The van der Waals surface area contributed by atoms with Crippen molar-refractivity contribution in [2.45, 2.75) is 98.9 Å². The van der Waals surface area contributed by atoms with E-state index >= 15 is 0 Å². The van der Waals surface area contributed by atoms with Crippen LogP contribution in [0.3, 0.4) is 0 Å². The largest absolute Gasteiger partial charge is 0.508 e. The molecule has 3 aromatic rings. The molecule has 3 fully saturated rings. The molecule has 19 heteroatoms. The summed E-state index contributed by atoms with van der Waals surface area (Å²) in [5, 5.41) is 125. The molecule has 19 nitrogen and oxygen atoms in total. The number of hydrogen-bond acceptors (Lipinski definition) is 19. The van der Waals surface area contributed by atoms with Crippen LogP contribution in [0.15, 0.2) is 45.6 Å². The van der Waals surface area contributed by atoms with E-state index < -0.39 is 133 Å². The van der Waals surface area contributed by atoms with Crippen LogP contribution in [-0.4, -0.2) is 160 Å². The lowest BCUT2D eigenvalue weighted by molar-refractivity contribution is -0.340. The van der Waals surface area contributed by atoms with Gasteiger partial charge in [-0.15, -0.1) is 0 Å². The Hall–Kier alpha value is -3.51. The van der Waals surface area contributed by atoms with Crippen LogP contribution in [0.25, 0.3) is 22.3 Å². The fourth-order valence-electron chi connectivity index (χ4n) is 6.53. The lowest BCUT2D eigenvalue weighted by Gasteiger charge is -2.46. The molecule has 286 valence electrons. The van der Waals surface area contributed by atoms with E-state index in [-0.39, 0.29) is 17.1 Å². The summed E-state index contributed by atoms with van der Waals surface area (Å²) < 4.78 is 34.3. The number of ether oxygens (including phenoxy) is 5. The Balaban J connectivity index is 1.40. The summed E-state index contributed by atoms with van der Waals surface area (Å²) in [6, 6.07) is 7.73. The fraction of sp³-hybridized carbons (Fsp3) is 0.545. The second-order valence-corrected chi connectivity index (χ2v) is 12.9. The molecule has 12 N–H and O–H groups in total. The summed E-state index contributed by atoms with van der Waals surface area (Å²) >= 11 is 0. The lowest BCUT2D eigenvalue weighted by atomic mass is 9.89. The van der Waals surface area contributed by atoms with Gasteiger partial charge in [-0.1, -0.05) is 0 Å². The van der Waals surface area contributed by atoms with Gasteiger partial charge in [-0.2, -0.15) is 0 Å². The summed E-state index contributed by atoms with van der Waals surface area (Å²) in [6.45, 7) is -0.210. The summed E-state index contributed by atoms with van der Waals surface area (Å²) in [5.74, 6) is -1.40. The molecule has 52 heavy (non-hydrogen) atoms. The molecule has 0 aliphatic carbocycles. The molecule has 3 saturated heterocycles. The molecule has 0 amide bonds. The van der Waals surface area contributed by atoms with Gasteiger partial charge in [-0.3, -0.25) is 4.79 Å². The summed E-state index contributed by atoms with van der Waals surface area (Å²) in [5.41, 5.74) is -1.20. The number of hydrogen-bond donors (Lipinski definition) is 12. The van der Waals surface area contributed by atoms with Gasteiger partial charge >= 0.3 is 0 Å². The minimum Gasteiger partial charge on any atom is -0.508 e. The Kier molecular flexibility index (Phi) is 11.1. The van der Waals surface area contributed by atoms with Crippen molar-refractivity contribution in [3.63, 3.8) is 0 Å². The molecule has 4 heterocycles. The average Bonchev–Trinajstić information content (AvgIpc) is 3.12. The molecule has 3 aliphatic heterocycles. The van der Waals surface area contributed by atoms with Crippen LogP contribution in [-0.2, 0) is 18.9 Å². The van der Waals surface area contributed by atoms with Crippen molar-refractivity contribution in [1.82, 2.24) is 0 Å². The lowest BCUT2D eigenvalue weighted by Crippen LogP contribution is -2.62. The highest BCUT2D eigenvalue weighted by Crippen LogP contribution is 2.46. The molecule has 0 unspecified atom stereocenters. The smallest absolute Gasteiger partial charge is 0.229 e. The van der Waals surface area contributed by atoms with E-state index in [4.69, 9.17) is 28.1 Å². The van der Waals surface area contributed by atoms with Crippen molar-refractivity contribution in [1.29, 1.82) is 0 Å². The maximum atomic E-state index is 13.5. The van der Waals surface area contributed by atoms with Gasteiger partial charge in [0.05, 0.1) is 24.9 Å². The third kappa shape index (κ3) is 6.85. The Bertz CT molecular complexity index is 1760. The van der Waals surface area contributed by atoms with Crippen molar-refractivity contribution in [3.8, 4) is 28.6 Å². The van der Waals surface area contributed by atoms with E-state index in [0.29, 0.717) is 5.56 Å². The van der Waals surface area contributed by atoms with Crippen molar-refractivity contribution >= 4 is 11.0 Å². The number of aliphatic hydroxyl groups is 10. The average molecular weight is 741 g/mol. The molecule has 2 aromatic carbocycles. The highest BCUT2D eigenvalue weighted by Gasteiger charge is 2.51. The van der Waals surface area contributed by atoms with Gasteiger partial charge in [0.25, 0.3) is 0 Å². The Morgan fingerprint density at radius 3 is 1.87 bits per heavy atom. The number of rotatable bonds is 8. The molecule has 15 atom stereocenters. The molecular formula is C33H40O19. The van der Waals surface area contributed by atoms with E-state index in [9.17, 15) is 66.1 Å². The highest BCUT2D eigenvalue weighted by atomic mass is 16.7. The van der Waals surface area contributed by atoms with Crippen molar-refractivity contribution in [3.05, 3.63) is 52.2 Å². The second kappa shape index (κ2) is 15.1. The number of phenolic OH excluding ortho intramolecular Hbond substituents is 2. The van der Waals surface area contributed by atoms with Gasteiger partial charge in [0, 0.05) is 17.7 Å². The first-order valence-corrected chi connectivity index (χ1v) is 16.2. The van der Waals surface area contributed by atoms with Crippen molar-refractivity contribution in [2.75, 3.05) is 13.2 Å². The van der Waals surface area contributed by atoms with Gasteiger partial charge in [-0.25, -0.2) is 0 Å². The number of fused-ring (bicyclic) bond motifs is 1. The van der Waals surface area contributed by atoms with Crippen LogP contribution in [0, 0.1) is 0 Å². The zero-order valence-corrected chi connectivity index (χ0v) is 27.3. The number of phenols is 2. The topological polar surface area (TPSA) is 319 Å². The molecule has 0 spiro atoms. The number of benzene rings is 2. The van der Waals surface area contributed by atoms with E-state index in [1.807, 2.05) is 0 Å². The van der Waals surface area contributed by atoms with Crippen molar-refractivity contribution < 1.29 is 89.4 Å². The molecular weight excluding hydrogens is 700 g/mol. The normalized spacial score (nSPS) is 38.3. The quantitative estimate of drug-likeness (QED) is 0.106. The maximum absolute atomic E-state index is 13.5. The Morgan fingerprint density at radius 1 is 0.692 bits per heavy atom. The summed E-state index contributed by atoms with van der Waals surface area (Å²) in [4.78, 5) is 13.5. The Labute approximate surface area is 293 Å².